The SMILES string of the molecule is C#CCCCC(O)C(C)(C)N1CCOCC1. The van der Waals surface area contributed by atoms with Gasteiger partial charge in [0.25, 0.3) is 0 Å². The van der Waals surface area contributed by atoms with Crippen LogP contribution in [0.4, 0.5) is 0 Å². The lowest BCUT2D eigenvalue weighted by Gasteiger charge is -2.43. The largest absolute Gasteiger partial charge is 0.391 e. The van der Waals surface area contributed by atoms with Gasteiger partial charge in [-0.3, -0.25) is 4.90 Å². The lowest BCUT2D eigenvalue weighted by molar-refractivity contribution is -0.0640. The zero-order chi connectivity index (χ0) is 12.0. The van der Waals surface area contributed by atoms with E-state index in [4.69, 9.17) is 11.2 Å². The second-order valence-corrected chi connectivity index (χ2v) is 4.87. The average molecular weight is 225 g/mol. The topological polar surface area (TPSA) is 32.7 Å². The molecule has 1 rings (SSSR count). The van der Waals surface area contributed by atoms with E-state index in [0.717, 1.165) is 45.6 Å². The first kappa shape index (κ1) is 13.5. The quantitative estimate of drug-likeness (QED) is 0.565. The van der Waals surface area contributed by atoms with Gasteiger partial charge in [-0.2, -0.15) is 0 Å². The maximum atomic E-state index is 10.2. The highest BCUT2D eigenvalue weighted by molar-refractivity contribution is 4.91. The summed E-state index contributed by atoms with van der Waals surface area (Å²) in [6, 6.07) is 0. The fourth-order valence-electron chi connectivity index (χ4n) is 2.10. The van der Waals surface area contributed by atoms with Gasteiger partial charge in [0.2, 0.25) is 0 Å². The fourth-order valence-corrected chi connectivity index (χ4v) is 2.10. The van der Waals surface area contributed by atoms with Gasteiger partial charge >= 0.3 is 0 Å². The molecule has 1 aliphatic heterocycles. The Balaban J connectivity index is 2.43. The van der Waals surface area contributed by atoms with Crippen LogP contribution < -0.4 is 0 Å². The Labute approximate surface area is 98.8 Å². The number of nitrogens with zero attached hydrogens (tertiary/aromatic N) is 1. The van der Waals surface area contributed by atoms with Crippen LogP contribution in [-0.2, 0) is 4.74 Å². The summed E-state index contributed by atoms with van der Waals surface area (Å²) in [6.45, 7) is 7.52. The molecule has 92 valence electrons. The van der Waals surface area contributed by atoms with Gasteiger partial charge in [0.05, 0.1) is 19.3 Å². The zero-order valence-corrected chi connectivity index (χ0v) is 10.4. The van der Waals surface area contributed by atoms with Gasteiger partial charge in [-0.1, -0.05) is 0 Å². The van der Waals surface area contributed by atoms with Gasteiger partial charge in [-0.15, -0.1) is 12.3 Å². The molecule has 0 spiro atoms. The summed E-state index contributed by atoms with van der Waals surface area (Å²) in [5.41, 5.74) is -0.182. The van der Waals surface area contributed by atoms with Crippen molar-refractivity contribution >= 4 is 0 Å². The third-order valence-electron chi connectivity index (χ3n) is 3.44. The Morgan fingerprint density at radius 2 is 2.06 bits per heavy atom. The summed E-state index contributed by atoms with van der Waals surface area (Å²) in [5.74, 6) is 2.61. The summed E-state index contributed by atoms with van der Waals surface area (Å²) in [4.78, 5) is 2.30. The summed E-state index contributed by atoms with van der Waals surface area (Å²) >= 11 is 0. The Kier molecular flexibility index (Phi) is 5.27. The van der Waals surface area contributed by atoms with E-state index < -0.39 is 0 Å². The second kappa shape index (κ2) is 6.24. The molecule has 0 bridgehead atoms. The first-order valence-corrected chi connectivity index (χ1v) is 6.03. The van der Waals surface area contributed by atoms with E-state index in [0.29, 0.717) is 0 Å². The van der Waals surface area contributed by atoms with E-state index in [9.17, 15) is 5.11 Å². The standard InChI is InChI=1S/C13H23NO2/c1-4-5-6-7-12(15)13(2,3)14-8-10-16-11-9-14/h1,12,15H,5-11H2,2-3H3. The first-order valence-electron chi connectivity index (χ1n) is 6.03. The van der Waals surface area contributed by atoms with E-state index in [1.165, 1.54) is 0 Å². The van der Waals surface area contributed by atoms with Crippen molar-refractivity contribution in [3.8, 4) is 12.3 Å². The molecule has 1 aliphatic rings. The molecule has 3 nitrogen and oxygen atoms in total. The van der Waals surface area contributed by atoms with Gasteiger partial charge in [-0.05, 0) is 26.7 Å². The maximum absolute atomic E-state index is 10.2. The number of terminal acetylenes is 1. The molecular formula is C13H23NO2. The van der Waals surface area contributed by atoms with Crippen molar-refractivity contribution in [3.05, 3.63) is 0 Å². The highest BCUT2D eigenvalue weighted by atomic mass is 16.5. The molecule has 1 unspecified atom stereocenters. The number of hydrogen-bond donors (Lipinski definition) is 1. The van der Waals surface area contributed by atoms with E-state index in [1.807, 2.05) is 0 Å². The third-order valence-corrected chi connectivity index (χ3v) is 3.44. The lowest BCUT2D eigenvalue weighted by Crippen LogP contribution is -2.56. The van der Waals surface area contributed by atoms with E-state index in [2.05, 4.69) is 24.7 Å². The molecule has 1 heterocycles. The van der Waals surface area contributed by atoms with Gasteiger partial charge in [0.1, 0.15) is 0 Å². The van der Waals surface area contributed by atoms with Gasteiger partial charge in [0.15, 0.2) is 0 Å². The minimum Gasteiger partial charge on any atom is -0.391 e. The van der Waals surface area contributed by atoms with Crippen LogP contribution in [0.15, 0.2) is 0 Å². The van der Waals surface area contributed by atoms with Crippen molar-refractivity contribution in [2.45, 2.75) is 44.8 Å². The Morgan fingerprint density at radius 1 is 1.44 bits per heavy atom. The highest BCUT2D eigenvalue weighted by Gasteiger charge is 2.34. The van der Waals surface area contributed by atoms with Crippen molar-refractivity contribution < 1.29 is 9.84 Å². The van der Waals surface area contributed by atoms with Crippen molar-refractivity contribution in [3.63, 3.8) is 0 Å². The third kappa shape index (κ3) is 3.48. The second-order valence-electron chi connectivity index (χ2n) is 4.87. The molecule has 1 saturated heterocycles. The predicted molar refractivity (Wildman–Crippen MR) is 65.2 cm³/mol. The average Bonchev–Trinajstić information content (AvgIpc) is 2.30. The summed E-state index contributed by atoms with van der Waals surface area (Å²) in [7, 11) is 0. The van der Waals surface area contributed by atoms with Gasteiger partial charge < -0.3 is 9.84 Å². The fraction of sp³-hybridized carbons (Fsp3) is 0.846. The lowest BCUT2D eigenvalue weighted by atomic mass is 9.90. The van der Waals surface area contributed by atoms with Crippen LogP contribution in [0.3, 0.4) is 0 Å². The molecular weight excluding hydrogens is 202 g/mol. The molecule has 1 atom stereocenters. The molecule has 3 heteroatoms. The molecule has 1 N–H and O–H groups in total. The van der Waals surface area contributed by atoms with Crippen LogP contribution in [0.1, 0.15) is 33.1 Å². The van der Waals surface area contributed by atoms with E-state index in [-0.39, 0.29) is 11.6 Å². The van der Waals surface area contributed by atoms with Crippen molar-refractivity contribution in [1.29, 1.82) is 0 Å². The van der Waals surface area contributed by atoms with Crippen LogP contribution in [0, 0.1) is 12.3 Å². The highest BCUT2D eigenvalue weighted by Crippen LogP contribution is 2.23. The molecule has 0 aromatic rings. The Morgan fingerprint density at radius 3 is 2.62 bits per heavy atom. The number of aliphatic hydroxyl groups is 1. The summed E-state index contributed by atoms with van der Waals surface area (Å²) < 4.78 is 5.32. The number of morpholine rings is 1. The van der Waals surface area contributed by atoms with Crippen molar-refractivity contribution in [2.75, 3.05) is 26.3 Å². The number of unbranched alkanes of at least 4 members (excludes halogenated alkanes) is 1. The first-order chi connectivity index (χ1) is 7.59. The monoisotopic (exact) mass is 225 g/mol. The van der Waals surface area contributed by atoms with Gasteiger partial charge in [0, 0.05) is 25.0 Å². The molecule has 0 aromatic carbocycles. The van der Waals surface area contributed by atoms with Crippen LogP contribution in [0.2, 0.25) is 0 Å². The number of aliphatic hydroxyl groups excluding tert-OH is 1. The Bertz CT molecular complexity index is 239. The molecule has 0 amide bonds. The number of rotatable bonds is 5. The van der Waals surface area contributed by atoms with E-state index >= 15 is 0 Å². The smallest absolute Gasteiger partial charge is 0.0718 e. The normalized spacial score (nSPS) is 20.4. The maximum Gasteiger partial charge on any atom is 0.0718 e. The minimum absolute atomic E-state index is 0.182. The predicted octanol–water partition coefficient (Wildman–Crippen LogP) is 1.26. The number of hydrogen-bond acceptors (Lipinski definition) is 3. The van der Waals surface area contributed by atoms with Crippen LogP contribution in [-0.4, -0.2) is 48.0 Å². The molecule has 16 heavy (non-hydrogen) atoms. The van der Waals surface area contributed by atoms with Crippen molar-refractivity contribution in [2.24, 2.45) is 0 Å². The summed E-state index contributed by atoms with van der Waals surface area (Å²) in [6.07, 6.45) is 7.30. The molecule has 0 radical (unpaired) electrons. The summed E-state index contributed by atoms with van der Waals surface area (Å²) in [5, 5.41) is 10.2. The molecule has 0 saturated carbocycles. The van der Waals surface area contributed by atoms with Gasteiger partial charge in [-0.25, -0.2) is 0 Å². The zero-order valence-electron chi connectivity index (χ0n) is 10.4. The van der Waals surface area contributed by atoms with E-state index in [1.54, 1.807) is 0 Å². The van der Waals surface area contributed by atoms with Crippen LogP contribution in [0.5, 0.6) is 0 Å². The number of ether oxygens (including phenoxy) is 1. The molecule has 0 aromatic heterocycles. The van der Waals surface area contributed by atoms with Crippen molar-refractivity contribution in [1.82, 2.24) is 4.90 Å². The minimum atomic E-state index is -0.320. The van der Waals surface area contributed by atoms with Crippen LogP contribution >= 0.6 is 0 Å². The Hall–Kier alpha value is -0.560. The molecule has 0 aliphatic carbocycles. The molecule has 1 fully saturated rings. The van der Waals surface area contributed by atoms with Crippen LogP contribution in [0.25, 0.3) is 0 Å².